The van der Waals surface area contributed by atoms with E-state index >= 15 is 0 Å². The molecule has 19 heavy (non-hydrogen) atoms. The fourth-order valence-electron chi connectivity index (χ4n) is 1.53. The summed E-state index contributed by atoms with van der Waals surface area (Å²) < 4.78 is 50.2. The molecule has 0 aliphatic carbocycles. The molecule has 2 aromatic rings. The van der Waals surface area contributed by atoms with Gasteiger partial charge in [0.05, 0.1) is 0 Å². The van der Waals surface area contributed by atoms with Gasteiger partial charge in [-0.3, -0.25) is 0 Å². The van der Waals surface area contributed by atoms with E-state index in [2.05, 4.69) is 9.97 Å². The number of halogens is 4. The van der Waals surface area contributed by atoms with Gasteiger partial charge in [-0.25, -0.2) is 14.4 Å². The Kier molecular flexibility index (Phi) is 3.48. The fraction of sp³-hybridized carbons (Fsp3) is 0.167. The van der Waals surface area contributed by atoms with Crippen molar-refractivity contribution in [3.63, 3.8) is 0 Å². The van der Waals surface area contributed by atoms with E-state index in [-0.39, 0.29) is 12.1 Å². The Morgan fingerprint density at radius 2 is 1.68 bits per heavy atom. The predicted molar refractivity (Wildman–Crippen MR) is 60.3 cm³/mol. The Bertz CT molecular complexity index is 579. The van der Waals surface area contributed by atoms with Crippen molar-refractivity contribution in [1.82, 2.24) is 9.97 Å². The summed E-state index contributed by atoms with van der Waals surface area (Å²) in [6.45, 7) is 0.00116. The van der Waals surface area contributed by atoms with Gasteiger partial charge >= 0.3 is 6.18 Å². The summed E-state index contributed by atoms with van der Waals surface area (Å²) in [7, 11) is 0. The zero-order valence-electron chi connectivity index (χ0n) is 9.58. The lowest BCUT2D eigenvalue weighted by atomic mass is 10.1. The van der Waals surface area contributed by atoms with Gasteiger partial charge in [-0.1, -0.05) is 6.07 Å². The maximum atomic E-state index is 13.2. The smallest absolute Gasteiger partial charge is 0.326 e. The predicted octanol–water partition coefficient (Wildman–Crippen LogP) is 2.76. The lowest BCUT2D eigenvalue weighted by Gasteiger charge is -2.07. The molecule has 0 aliphatic heterocycles. The third kappa shape index (κ3) is 2.87. The number of hydrogen-bond acceptors (Lipinski definition) is 3. The lowest BCUT2D eigenvalue weighted by molar-refractivity contribution is -0.144. The van der Waals surface area contributed by atoms with Crippen LogP contribution >= 0.6 is 0 Å². The molecule has 0 unspecified atom stereocenters. The Balaban J connectivity index is 2.37. The van der Waals surface area contributed by atoms with Crippen LogP contribution in [0.2, 0.25) is 0 Å². The molecular formula is C12H9F4N3. The first-order chi connectivity index (χ1) is 8.91. The van der Waals surface area contributed by atoms with Crippen LogP contribution in [0.25, 0.3) is 11.1 Å². The van der Waals surface area contributed by atoms with E-state index in [1.54, 1.807) is 0 Å². The number of alkyl halides is 3. The second-order valence-electron chi connectivity index (χ2n) is 3.80. The number of aromatic nitrogens is 2. The molecule has 2 N–H and O–H groups in total. The van der Waals surface area contributed by atoms with Gasteiger partial charge in [0.2, 0.25) is 5.82 Å². The minimum Gasteiger partial charge on any atom is -0.326 e. The number of nitrogens with two attached hydrogens (primary N) is 1. The molecule has 3 nitrogen and oxygen atoms in total. The summed E-state index contributed by atoms with van der Waals surface area (Å²) in [5.41, 5.74) is 6.51. The molecule has 2 rings (SSSR count). The Hall–Kier alpha value is -2.02. The first-order valence-corrected chi connectivity index (χ1v) is 5.30. The number of benzene rings is 1. The van der Waals surface area contributed by atoms with E-state index in [9.17, 15) is 17.6 Å². The fourth-order valence-corrected chi connectivity index (χ4v) is 1.53. The van der Waals surface area contributed by atoms with Crippen molar-refractivity contribution in [2.75, 3.05) is 0 Å². The van der Waals surface area contributed by atoms with Crippen molar-refractivity contribution in [3.8, 4) is 11.1 Å². The zero-order valence-corrected chi connectivity index (χ0v) is 9.58. The van der Waals surface area contributed by atoms with Gasteiger partial charge in [0.1, 0.15) is 5.82 Å². The molecule has 1 aromatic carbocycles. The van der Waals surface area contributed by atoms with Crippen LogP contribution in [0.1, 0.15) is 11.4 Å². The van der Waals surface area contributed by atoms with Crippen LogP contribution in [-0.4, -0.2) is 9.97 Å². The summed E-state index contributed by atoms with van der Waals surface area (Å²) in [6, 6.07) is 4.09. The van der Waals surface area contributed by atoms with Crippen LogP contribution in [0.15, 0.2) is 30.6 Å². The van der Waals surface area contributed by atoms with Crippen LogP contribution in [0, 0.1) is 5.82 Å². The van der Waals surface area contributed by atoms with Gasteiger partial charge in [0, 0.05) is 30.1 Å². The first kappa shape index (κ1) is 13.4. The van der Waals surface area contributed by atoms with Crippen LogP contribution < -0.4 is 5.73 Å². The topological polar surface area (TPSA) is 51.8 Å². The zero-order chi connectivity index (χ0) is 14.0. The molecule has 0 saturated carbocycles. The third-order valence-corrected chi connectivity index (χ3v) is 2.50. The van der Waals surface area contributed by atoms with Crippen LogP contribution in [0.5, 0.6) is 0 Å². The van der Waals surface area contributed by atoms with Crippen molar-refractivity contribution >= 4 is 0 Å². The third-order valence-electron chi connectivity index (χ3n) is 2.50. The summed E-state index contributed by atoms with van der Waals surface area (Å²) in [5, 5.41) is 0. The van der Waals surface area contributed by atoms with Crippen molar-refractivity contribution in [1.29, 1.82) is 0 Å². The second-order valence-corrected chi connectivity index (χ2v) is 3.80. The van der Waals surface area contributed by atoms with Crippen molar-refractivity contribution in [2.24, 2.45) is 5.73 Å². The minimum absolute atomic E-state index is 0.00116. The molecular weight excluding hydrogens is 262 g/mol. The van der Waals surface area contributed by atoms with Crippen molar-refractivity contribution < 1.29 is 17.6 Å². The molecule has 0 fully saturated rings. The lowest BCUT2D eigenvalue weighted by Crippen LogP contribution is -2.10. The number of hydrogen-bond donors (Lipinski definition) is 1. The summed E-state index contributed by atoms with van der Waals surface area (Å²) >= 11 is 0. The molecule has 1 aromatic heterocycles. The first-order valence-electron chi connectivity index (χ1n) is 5.30. The molecule has 7 heteroatoms. The standard InChI is InChI=1S/C12H9F4N3/c13-10-2-1-7(3-8(10)4-17)9-5-18-11(19-6-9)12(14,15)16/h1-3,5-6H,4,17H2. The van der Waals surface area contributed by atoms with Crippen LogP contribution in [0.4, 0.5) is 17.6 Å². The average Bonchev–Trinajstić information content (AvgIpc) is 2.38. The number of rotatable bonds is 2. The van der Waals surface area contributed by atoms with Crippen LogP contribution in [-0.2, 0) is 12.7 Å². The average molecular weight is 271 g/mol. The largest absolute Gasteiger partial charge is 0.451 e. The molecule has 1 heterocycles. The quantitative estimate of drug-likeness (QED) is 0.854. The summed E-state index contributed by atoms with van der Waals surface area (Å²) in [4.78, 5) is 6.49. The van der Waals surface area contributed by atoms with Gasteiger partial charge < -0.3 is 5.73 Å². The van der Waals surface area contributed by atoms with E-state index in [1.807, 2.05) is 0 Å². The molecule has 0 atom stereocenters. The highest BCUT2D eigenvalue weighted by Crippen LogP contribution is 2.27. The molecule has 0 radical (unpaired) electrons. The molecule has 0 spiro atoms. The van der Waals surface area contributed by atoms with Gasteiger partial charge in [0.15, 0.2) is 0 Å². The maximum absolute atomic E-state index is 13.2. The molecule has 0 aliphatic rings. The summed E-state index contributed by atoms with van der Waals surface area (Å²) in [6.07, 6.45) is -2.49. The highest BCUT2D eigenvalue weighted by Gasteiger charge is 2.34. The Morgan fingerprint density at radius 3 is 2.21 bits per heavy atom. The van der Waals surface area contributed by atoms with Gasteiger partial charge in [-0.15, -0.1) is 0 Å². The van der Waals surface area contributed by atoms with Crippen molar-refractivity contribution in [3.05, 3.63) is 47.8 Å². The van der Waals surface area contributed by atoms with E-state index in [4.69, 9.17) is 5.73 Å². The Morgan fingerprint density at radius 1 is 1.05 bits per heavy atom. The van der Waals surface area contributed by atoms with E-state index in [1.165, 1.54) is 18.2 Å². The molecule has 0 bridgehead atoms. The van der Waals surface area contributed by atoms with Crippen molar-refractivity contribution in [2.45, 2.75) is 12.7 Å². The highest BCUT2D eigenvalue weighted by molar-refractivity contribution is 5.62. The van der Waals surface area contributed by atoms with E-state index < -0.39 is 17.8 Å². The SMILES string of the molecule is NCc1cc(-c2cnc(C(F)(F)F)nc2)ccc1F. The van der Waals surface area contributed by atoms with E-state index in [0.29, 0.717) is 11.1 Å². The van der Waals surface area contributed by atoms with Crippen LogP contribution in [0.3, 0.4) is 0 Å². The number of nitrogens with zero attached hydrogens (tertiary/aromatic N) is 2. The molecule has 0 saturated heterocycles. The highest BCUT2D eigenvalue weighted by atomic mass is 19.4. The summed E-state index contributed by atoms with van der Waals surface area (Å²) in [5.74, 6) is -1.67. The Labute approximate surface area is 106 Å². The second kappa shape index (κ2) is 4.93. The van der Waals surface area contributed by atoms with E-state index in [0.717, 1.165) is 12.4 Å². The van der Waals surface area contributed by atoms with Gasteiger partial charge in [-0.2, -0.15) is 13.2 Å². The molecule has 100 valence electrons. The molecule has 0 amide bonds. The van der Waals surface area contributed by atoms with Gasteiger partial charge in [-0.05, 0) is 17.7 Å². The van der Waals surface area contributed by atoms with Gasteiger partial charge in [0.25, 0.3) is 0 Å². The normalized spacial score (nSPS) is 11.6. The minimum atomic E-state index is -4.58. The maximum Gasteiger partial charge on any atom is 0.451 e. The monoisotopic (exact) mass is 271 g/mol.